The number of rotatable bonds is 0. The highest BCUT2D eigenvalue weighted by atomic mass is 35.5. The van der Waals surface area contributed by atoms with E-state index in [1.54, 1.807) is 0 Å². The molecule has 0 saturated carbocycles. The van der Waals surface area contributed by atoms with Crippen LogP contribution in [0.3, 0.4) is 0 Å². The second kappa shape index (κ2) is 3.47. The molecule has 0 saturated heterocycles. The van der Waals surface area contributed by atoms with E-state index in [4.69, 9.17) is 16.0 Å². The van der Waals surface area contributed by atoms with Crippen LogP contribution in [0.15, 0.2) is 52.9 Å². The van der Waals surface area contributed by atoms with E-state index < -0.39 is 0 Å². The van der Waals surface area contributed by atoms with E-state index in [0.29, 0.717) is 10.7 Å². The van der Waals surface area contributed by atoms with Gasteiger partial charge in [0.15, 0.2) is 0 Å². The number of hydrogen-bond acceptors (Lipinski definition) is 2. The summed E-state index contributed by atoms with van der Waals surface area (Å²) in [5.74, 6) is 0. The van der Waals surface area contributed by atoms with E-state index in [0.717, 1.165) is 27.3 Å². The van der Waals surface area contributed by atoms with Crippen LogP contribution in [0.25, 0.3) is 33.0 Å². The first-order chi connectivity index (χ1) is 8.83. The molecule has 2 aromatic carbocycles. The minimum atomic E-state index is 0.636. The maximum Gasteiger partial charge on any atom is 0.227 e. The van der Waals surface area contributed by atoms with Crippen LogP contribution < -0.4 is 0 Å². The van der Waals surface area contributed by atoms with Gasteiger partial charge in [0.05, 0.1) is 10.5 Å². The molecular formula is C15H8ClNO. The van der Waals surface area contributed by atoms with E-state index in [2.05, 4.69) is 11.1 Å². The molecule has 18 heavy (non-hydrogen) atoms. The summed E-state index contributed by atoms with van der Waals surface area (Å²) in [6.45, 7) is 0. The van der Waals surface area contributed by atoms with Crippen LogP contribution >= 0.6 is 11.6 Å². The van der Waals surface area contributed by atoms with E-state index in [9.17, 15) is 0 Å². The monoisotopic (exact) mass is 253 g/mol. The molecule has 2 heterocycles. The smallest absolute Gasteiger partial charge is 0.227 e. The van der Waals surface area contributed by atoms with E-state index in [1.807, 2.05) is 42.5 Å². The van der Waals surface area contributed by atoms with Gasteiger partial charge in [0, 0.05) is 16.2 Å². The Morgan fingerprint density at radius 3 is 2.78 bits per heavy atom. The van der Waals surface area contributed by atoms with Crippen molar-refractivity contribution in [1.29, 1.82) is 0 Å². The average molecular weight is 254 g/mol. The number of nitrogens with zero attached hydrogens (tertiary/aromatic N) is 1. The number of benzene rings is 2. The highest BCUT2D eigenvalue weighted by Gasteiger charge is 2.10. The average Bonchev–Trinajstić information content (AvgIpc) is 2.75. The molecule has 0 spiro atoms. The summed E-state index contributed by atoms with van der Waals surface area (Å²) in [5.41, 5.74) is 2.27. The van der Waals surface area contributed by atoms with Gasteiger partial charge in [-0.05, 0) is 18.2 Å². The summed E-state index contributed by atoms with van der Waals surface area (Å²) in [5, 5.41) is 3.79. The molecule has 0 unspecified atom stereocenters. The molecule has 0 radical (unpaired) electrons. The number of furan rings is 1. The lowest BCUT2D eigenvalue weighted by Gasteiger charge is -1.98. The molecule has 0 aliphatic rings. The van der Waals surface area contributed by atoms with Crippen molar-refractivity contribution in [1.82, 2.24) is 4.98 Å². The Bertz CT molecular complexity index is 895. The Balaban J connectivity index is 2.27. The first-order valence-corrected chi connectivity index (χ1v) is 6.07. The predicted molar refractivity (Wildman–Crippen MR) is 74.0 cm³/mol. The maximum absolute atomic E-state index is 6.15. The molecule has 4 rings (SSSR count). The van der Waals surface area contributed by atoms with Crippen LogP contribution in [0.1, 0.15) is 0 Å². The normalized spacial score (nSPS) is 11.6. The fourth-order valence-corrected chi connectivity index (χ4v) is 2.52. The fraction of sp³-hybridized carbons (Fsp3) is 0. The van der Waals surface area contributed by atoms with Gasteiger partial charge in [-0.25, -0.2) is 4.98 Å². The van der Waals surface area contributed by atoms with E-state index in [-0.39, 0.29) is 0 Å². The van der Waals surface area contributed by atoms with Gasteiger partial charge < -0.3 is 4.42 Å². The third-order valence-electron chi connectivity index (χ3n) is 3.15. The third kappa shape index (κ3) is 1.27. The quantitative estimate of drug-likeness (QED) is 0.450. The van der Waals surface area contributed by atoms with Gasteiger partial charge >= 0.3 is 0 Å². The fourth-order valence-electron chi connectivity index (χ4n) is 2.30. The molecule has 4 aromatic rings. The summed E-state index contributed by atoms with van der Waals surface area (Å²) in [4.78, 5) is 4.52. The lowest BCUT2D eigenvalue weighted by Crippen LogP contribution is -1.80. The first-order valence-electron chi connectivity index (χ1n) is 5.69. The number of para-hydroxylation sites is 2. The second-order valence-electron chi connectivity index (χ2n) is 4.25. The summed E-state index contributed by atoms with van der Waals surface area (Å²) in [6.07, 6.45) is 0. The van der Waals surface area contributed by atoms with Crippen molar-refractivity contribution in [2.75, 3.05) is 0 Å². The zero-order valence-electron chi connectivity index (χ0n) is 9.35. The van der Waals surface area contributed by atoms with Gasteiger partial charge in [0.1, 0.15) is 5.58 Å². The highest BCUT2D eigenvalue weighted by molar-refractivity contribution is 6.35. The van der Waals surface area contributed by atoms with Gasteiger partial charge in [0.25, 0.3) is 0 Å². The zero-order chi connectivity index (χ0) is 12.1. The molecular weight excluding hydrogens is 246 g/mol. The molecule has 2 aromatic heterocycles. The molecule has 0 fully saturated rings. The standard InChI is InChI=1S/C15H8ClNO/c16-12-6-3-4-9-8-11-10-5-1-2-7-13(10)18-15(11)17-14(9)12/h1-8H. The Morgan fingerprint density at radius 2 is 1.83 bits per heavy atom. The van der Waals surface area contributed by atoms with Gasteiger partial charge in [-0.1, -0.05) is 41.9 Å². The minimum Gasteiger partial charge on any atom is -0.438 e. The number of aromatic nitrogens is 1. The largest absolute Gasteiger partial charge is 0.438 e. The summed E-state index contributed by atoms with van der Waals surface area (Å²) in [7, 11) is 0. The Kier molecular flexibility index (Phi) is 1.91. The van der Waals surface area contributed by atoms with Crippen LogP contribution in [-0.2, 0) is 0 Å². The SMILES string of the molecule is Clc1cccc2cc3c(nc12)oc1ccccc13. The molecule has 3 heteroatoms. The Labute approximate surface area is 108 Å². The Morgan fingerprint density at radius 1 is 0.944 bits per heavy atom. The number of hydrogen-bond donors (Lipinski definition) is 0. The van der Waals surface area contributed by atoms with Crippen LogP contribution in [0.4, 0.5) is 0 Å². The predicted octanol–water partition coefficient (Wildman–Crippen LogP) is 4.79. The van der Waals surface area contributed by atoms with Crippen molar-refractivity contribution >= 4 is 44.6 Å². The molecule has 0 bridgehead atoms. The molecule has 0 N–H and O–H groups in total. The highest BCUT2D eigenvalue weighted by Crippen LogP contribution is 2.31. The molecule has 0 aliphatic carbocycles. The van der Waals surface area contributed by atoms with Crippen molar-refractivity contribution in [2.45, 2.75) is 0 Å². The van der Waals surface area contributed by atoms with Gasteiger partial charge in [-0.2, -0.15) is 0 Å². The number of halogens is 1. The number of fused-ring (bicyclic) bond motifs is 4. The third-order valence-corrected chi connectivity index (χ3v) is 3.45. The summed E-state index contributed by atoms with van der Waals surface area (Å²) < 4.78 is 5.75. The lowest BCUT2D eigenvalue weighted by molar-refractivity contribution is 0.656. The van der Waals surface area contributed by atoms with Crippen molar-refractivity contribution < 1.29 is 4.42 Å². The molecule has 2 nitrogen and oxygen atoms in total. The topological polar surface area (TPSA) is 26.0 Å². The van der Waals surface area contributed by atoms with Crippen molar-refractivity contribution in [3.63, 3.8) is 0 Å². The number of pyridine rings is 1. The summed E-state index contributed by atoms with van der Waals surface area (Å²) in [6, 6.07) is 15.8. The van der Waals surface area contributed by atoms with Gasteiger partial charge in [-0.15, -0.1) is 0 Å². The van der Waals surface area contributed by atoms with E-state index in [1.165, 1.54) is 0 Å². The van der Waals surface area contributed by atoms with E-state index >= 15 is 0 Å². The molecule has 86 valence electrons. The van der Waals surface area contributed by atoms with Gasteiger partial charge in [0.2, 0.25) is 5.71 Å². The first kappa shape index (κ1) is 9.92. The zero-order valence-corrected chi connectivity index (χ0v) is 10.1. The lowest BCUT2D eigenvalue weighted by atomic mass is 10.1. The molecule has 0 atom stereocenters. The molecule has 0 amide bonds. The van der Waals surface area contributed by atoms with Crippen molar-refractivity contribution in [3.05, 3.63) is 53.6 Å². The van der Waals surface area contributed by atoms with Crippen LogP contribution in [0.5, 0.6) is 0 Å². The van der Waals surface area contributed by atoms with Crippen LogP contribution in [0.2, 0.25) is 5.02 Å². The minimum absolute atomic E-state index is 0.636. The van der Waals surface area contributed by atoms with Crippen molar-refractivity contribution in [2.24, 2.45) is 0 Å². The van der Waals surface area contributed by atoms with Gasteiger partial charge in [-0.3, -0.25) is 0 Å². The molecule has 0 aliphatic heterocycles. The second-order valence-corrected chi connectivity index (χ2v) is 4.66. The van der Waals surface area contributed by atoms with Crippen molar-refractivity contribution in [3.8, 4) is 0 Å². The Hall–Kier alpha value is -2.06. The van der Waals surface area contributed by atoms with Crippen LogP contribution in [0, 0.1) is 0 Å². The maximum atomic E-state index is 6.15. The summed E-state index contributed by atoms with van der Waals surface area (Å²) >= 11 is 6.15. The van der Waals surface area contributed by atoms with Crippen LogP contribution in [-0.4, -0.2) is 4.98 Å².